The molecule has 6 heteroatoms. The lowest BCUT2D eigenvalue weighted by Gasteiger charge is -2.21. The molecule has 0 bridgehead atoms. The van der Waals surface area contributed by atoms with E-state index in [2.05, 4.69) is 22.8 Å². The summed E-state index contributed by atoms with van der Waals surface area (Å²) in [6.07, 6.45) is 3.27. The fraction of sp³-hybridized carbons (Fsp3) is 0.476. The third-order valence-electron chi connectivity index (χ3n) is 4.86. The predicted octanol–water partition coefficient (Wildman–Crippen LogP) is 1.68. The Kier molecular flexibility index (Phi) is 7.68. The van der Waals surface area contributed by atoms with E-state index >= 15 is 0 Å². The first kappa shape index (κ1) is 19.9. The molecule has 1 aromatic carbocycles. The molecule has 0 aliphatic carbocycles. The zero-order valence-electron chi connectivity index (χ0n) is 15.9. The lowest BCUT2D eigenvalue weighted by atomic mass is 10.1. The summed E-state index contributed by atoms with van der Waals surface area (Å²) in [4.78, 5) is 15.1. The van der Waals surface area contributed by atoms with Gasteiger partial charge in [0.1, 0.15) is 24.9 Å². The maximum absolute atomic E-state index is 12.5. The number of amides is 1. The van der Waals surface area contributed by atoms with Gasteiger partial charge in [0, 0.05) is 13.2 Å². The van der Waals surface area contributed by atoms with Crippen LogP contribution in [0.1, 0.15) is 23.3 Å². The van der Waals surface area contributed by atoms with Gasteiger partial charge in [-0.3, -0.25) is 4.79 Å². The van der Waals surface area contributed by atoms with Gasteiger partial charge in [0.15, 0.2) is 6.54 Å². The van der Waals surface area contributed by atoms with Gasteiger partial charge in [-0.25, -0.2) is 0 Å². The summed E-state index contributed by atoms with van der Waals surface area (Å²) in [7, 11) is 1.67. The third kappa shape index (κ3) is 6.34. The zero-order chi connectivity index (χ0) is 18.9. The average molecular weight is 390 g/mol. The summed E-state index contributed by atoms with van der Waals surface area (Å²) in [6, 6.07) is 12.1. The highest BCUT2D eigenvalue weighted by Crippen LogP contribution is 2.17. The normalized spacial score (nSPS) is 17.6. The fourth-order valence-corrected chi connectivity index (χ4v) is 4.31. The van der Waals surface area contributed by atoms with Crippen LogP contribution in [0.2, 0.25) is 0 Å². The number of ether oxygens (including phenoxy) is 2. The Balaban J connectivity index is 1.48. The minimum absolute atomic E-state index is 0.0921. The largest absolute Gasteiger partial charge is 0.496 e. The molecule has 0 radical (unpaired) electrons. The number of hydrogen-bond donors (Lipinski definition) is 2. The molecule has 1 aliphatic rings. The standard InChI is InChI=1S/C21H28N2O3S/c1-25-20-9-3-2-6-17(20)10-11-22-21(24)16-23(14-18-7-4-12-26-18)15-19-8-5-13-27-19/h2-3,5-6,8-9,13,18H,4,7,10-12,14-16H2,1H3,(H,22,24)/p+1/t18-/m1/s1. The van der Waals surface area contributed by atoms with Crippen molar-refractivity contribution in [2.24, 2.45) is 0 Å². The first-order valence-electron chi connectivity index (χ1n) is 9.60. The first-order valence-corrected chi connectivity index (χ1v) is 10.5. The quantitative estimate of drug-likeness (QED) is 0.650. The second kappa shape index (κ2) is 10.4. The summed E-state index contributed by atoms with van der Waals surface area (Å²) >= 11 is 1.75. The molecular weight excluding hydrogens is 360 g/mol. The van der Waals surface area contributed by atoms with Crippen LogP contribution in [0.3, 0.4) is 0 Å². The van der Waals surface area contributed by atoms with Gasteiger partial charge in [0.25, 0.3) is 5.91 Å². The molecule has 27 heavy (non-hydrogen) atoms. The lowest BCUT2D eigenvalue weighted by molar-refractivity contribution is -0.908. The number of hydrogen-bond acceptors (Lipinski definition) is 4. The van der Waals surface area contributed by atoms with Crippen LogP contribution in [0.25, 0.3) is 0 Å². The Morgan fingerprint density at radius 1 is 1.33 bits per heavy atom. The molecule has 1 amide bonds. The molecule has 2 heterocycles. The zero-order valence-corrected chi connectivity index (χ0v) is 16.7. The van der Waals surface area contributed by atoms with E-state index in [0.717, 1.165) is 50.3 Å². The van der Waals surface area contributed by atoms with Crippen molar-refractivity contribution in [1.82, 2.24) is 5.32 Å². The van der Waals surface area contributed by atoms with Gasteiger partial charge in [0.2, 0.25) is 0 Å². The highest BCUT2D eigenvalue weighted by molar-refractivity contribution is 7.09. The molecular formula is C21H29N2O3S+. The van der Waals surface area contributed by atoms with E-state index in [9.17, 15) is 4.79 Å². The van der Waals surface area contributed by atoms with Crippen LogP contribution in [0, 0.1) is 0 Å². The molecule has 1 unspecified atom stereocenters. The molecule has 1 fully saturated rings. The summed E-state index contributed by atoms with van der Waals surface area (Å²) in [6.45, 7) is 3.70. The number of benzene rings is 1. The summed E-state index contributed by atoms with van der Waals surface area (Å²) in [5.74, 6) is 0.963. The van der Waals surface area contributed by atoms with E-state index < -0.39 is 0 Å². The van der Waals surface area contributed by atoms with Crippen molar-refractivity contribution in [3.05, 3.63) is 52.2 Å². The van der Waals surface area contributed by atoms with Gasteiger partial charge in [-0.15, -0.1) is 11.3 Å². The molecule has 3 rings (SSSR count). The highest BCUT2D eigenvalue weighted by Gasteiger charge is 2.24. The number of quaternary nitrogens is 1. The van der Waals surface area contributed by atoms with Gasteiger partial charge >= 0.3 is 0 Å². The molecule has 1 aliphatic heterocycles. The van der Waals surface area contributed by atoms with Crippen LogP contribution < -0.4 is 15.0 Å². The molecule has 2 N–H and O–H groups in total. The van der Waals surface area contributed by atoms with Crippen LogP contribution in [-0.4, -0.2) is 45.4 Å². The van der Waals surface area contributed by atoms with Crippen molar-refractivity contribution in [2.45, 2.75) is 31.9 Å². The second-order valence-corrected chi connectivity index (χ2v) is 7.97. The van der Waals surface area contributed by atoms with Crippen LogP contribution in [0.15, 0.2) is 41.8 Å². The number of methoxy groups -OCH3 is 1. The summed E-state index contributed by atoms with van der Waals surface area (Å²) in [5.41, 5.74) is 1.11. The smallest absolute Gasteiger partial charge is 0.275 e. The maximum Gasteiger partial charge on any atom is 0.275 e. The van der Waals surface area contributed by atoms with Gasteiger partial charge in [-0.05, 0) is 42.3 Å². The number of para-hydroxylation sites is 1. The van der Waals surface area contributed by atoms with Gasteiger partial charge < -0.3 is 19.7 Å². The van der Waals surface area contributed by atoms with Crippen molar-refractivity contribution in [1.29, 1.82) is 0 Å². The van der Waals surface area contributed by atoms with Gasteiger partial charge in [-0.1, -0.05) is 24.3 Å². The first-order chi connectivity index (χ1) is 13.2. The van der Waals surface area contributed by atoms with E-state index in [0.29, 0.717) is 13.1 Å². The van der Waals surface area contributed by atoms with Crippen LogP contribution >= 0.6 is 11.3 Å². The predicted molar refractivity (Wildman–Crippen MR) is 107 cm³/mol. The topological polar surface area (TPSA) is 52.0 Å². The van der Waals surface area contributed by atoms with Gasteiger partial charge in [-0.2, -0.15) is 0 Å². The number of thiophene rings is 1. The molecule has 2 atom stereocenters. The van der Waals surface area contributed by atoms with Crippen molar-refractivity contribution in [2.75, 3.05) is 33.4 Å². The van der Waals surface area contributed by atoms with E-state index in [1.165, 1.54) is 9.78 Å². The fourth-order valence-electron chi connectivity index (χ4n) is 3.53. The van der Waals surface area contributed by atoms with Crippen molar-refractivity contribution < 1.29 is 19.2 Å². The van der Waals surface area contributed by atoms with Crippen molar-refractivity contribution >= 4 is 17.2 Å². The number of carbonyl (C=O) groups excluding carboxylic acids is 1. The SMILES string of the molecule is COc1ccccc1CCNC(=O)C[NH+](Cc1cccs1)C[C@H]1CCCO1. The Hall–Kier alpha value is -1.89. The maximum atomic E-state index is 12.5. The van der Waals surface area contributed by atoms with Crippen LogP contribution in [0.5, 0.6) is 5.75 Å². The molecule has 1 saturated heterocycles. The van der Waals surface area contributed by atoms with E-state index in [1.807, 2.05) is 24.3 Å². The Morgan fingerprint density at radius 2 is 2.22 bits per heavy atom. The summed E-state index contributed by atoms with van der Waals surface area (Å²) in [5, 5.41) is 5.15. The van der Waals surface area contributed by atoms with E-state index in [1.54, 1.807) is 18.4 Å². The number of nitrogens with one attached hydrogen (secondary N) is 2. The molecule has 146 valence electrons. The molecule has 5 nitrogen and oxygen atoms in total. The van der Waals surface area contributed by atoms with E-state index in [4.69, 9.17) is 9.47 Å². The molecule has 1 aromatic heterocycles. The average Bonchev–Trinajstić information content (AvgIpc) is 3.36. The Bertz CT molecular complexity index is 699. The monoisotopic (exact) mass is 389 g/mol. The highest BCUT2D eigenvalue weighted by atomic mass is 32.1. The number of carbonyl (C=O) groups is 1. The van der Waals surface area contributed by atoms with E-state index in [-0.39, 0.29) is 12.0 Å². The number of rotatable bonds is 10. The second-order valence-electron chi connectivity index (χ2n) is 6.93. The summed E-state index contributed by atoms with van der Waals surface area (Å²) < 4.78 is 11.2. The van der Waals surface area contributed by atoms with Gasteiger partial charge in [0.05, 0.1) is 12.0 Å². The molecule has 0 spiro atoms. The Labute approximate surface area is 165 Å². The van der Waals surface area contributed by atoms with Crippen LogP contribution in [0.4, 0.5) is 0 Å². The molecule has 2 aromatic rings. The minimum Gasteiger partial charge on any atom is -0.496 e. The van der Waals surface area contributed by atoms with Crippen molar-refractivity contribution in [3.63, 3.8) is 0 Å². The Morgan fingerprint density at radius 3 is 2.96 bits per heavy atom. The molecule has 0 saturated carbocycles. The van der Waals surface area contributed by atoms with Crippen LogP contribution in [-0.2, 0) is 22.5 Å². The van der Waals surface area contributed by atoms with Crippen molar-refractivity contribution in [3.8, 4) is 5.75 Å². The minimum atomic E-state index is 0.0921. The lowest BCUT2D eigenvalue weighted by Crippen LogP contribution is -3.13. The third-order valence-corrected chi connectivity index (χ3v) is 5.74.